The van der Waals surface area contributed by atoms with Crippen LogP contribution >= 0.6 is 11.3 Å². The van der Waals surface area contributed by atoms with Crippen LogP contribution < -0.4 is 10.6 Å². The van der Waals surface area contributed by atoms with Crippen LogP contribution in [0.2, 0.25) is 0 Å². The molecule has 9 heteroatoms. The summed E-state index contributed by atoms with van der Waals surface area (Å²) in [5.41, 5.74) is 1.03. The van der Waals surface area contributed by atoms with Crippen molar-refractivity contribution in [1.82, 2.24) is 15.2 Å². The molecule has 4 bridgehead atoms. The molecule has 2 aromatic rings. The Morgan fingerprint density at radius 1 is 1.11 bits per heavy atom. The number of amides is 2. The summed E-state index contributed by atoms with van der Waals surface area (Å²) in [5.74, 6) is 1.21. The molecule has 5 aliphatic carbocycles. The fourth-order valence-electron chi connectivity index (χ4n) is 7.16. The number of ether oxygens (including phenoxy) is 1. The van der Waals surface area contributed by atoms with Crippen LogP contribution in [0, 0.1) is 17.8 Å². The van der Waals surface area contributed by atoms with E-state index in [1.54, 1.807) is 11.3 Å². The fourth-order valence-corrected chi connectivity index (χ4v) is 8.14. The van der Waals surface area contributed by atoms with Gasteiger partial charge in [-0.3, -0.25) is 4.79 Å². The van der Waals surface area contributed by atoms with E-state index in [0.717, 1.165) is 66.7 Å². The minimum Gasteiger partial charge on any atom is -0.446 e. The molecule has 5 unspecified atom stereocenters. The number of nitrogens with one attached hydrogen (secondary N) is 2. The predicted molar refractivity (Wildman–Crippen MR) is 132 cm³/mol. The first-order valence-electron chi connectivity index (χ1n) is 13.1. The number of hydrogen-bond acceptors (Lipinski definition) is 7. The van der Waals surface area contributed by atoms with Gasteiger partial charge >= 0.3 is 6.09 Å². The van der Waals surface area contributed by atoms with E-state index >= 15 is 0 Å². The summed E-state index contributed by atoms with van der Waals surface area (Å²) in [7, 11) is 0. The molecule has 8 rings (SSSR count). The Morgan fingerprint density at radius 2 is 1.91 bits per heavy atom. The standard InChI is InChI=1S/C26H32N4O4S/c31-23(27-18-2-3-18)15-1-4-20-21(9-15)35-24(29-20)28-19-5-6-30(13-19)25(32)34-22-16-7-14-8-17(22)12-26(33,10-14)11-16/h1,4,9,14,16-19,22,33H,2-3,5-8,10-13H2,(H,27,31)(H,28,29)/t14?,16-,17?,19?,22?,26?/m1/s1. The van der Waals surface area contributed by atoms with E-state index < -0.39 is 5.60 Å². The zero-order valence-corrected chi connectivity index (χ0v) is 20.6. The highest BCUT2D eigenvalue weighted by Crippen LogP contribution is 2.56. The highest BCUT2D eigenvalue weighted by molar-refractivity contribution is 7.22. The molecule has 35 heavy (non-hydrogen) atoms. The van der Waals surface area contributed by atoms with Gasteiger partial charge in [-0.15, -0.1) is 0 Å². The van der Waals surface area contributed by atoms with Gasteiger partial charge in [-0.1, -0.05) is 11.3 Å². The first-order valence-corrected chi connectivity index (χ1v) is 13.9. The molecule has 3 N–H and O–H groups in total. The Morgan fingerprint density at radius 3 is 2.66 bits per heavy atom. The van der Waals surface area contributed by atoms with Gasteiger partial charge in [0.25, 0.3) is 5.91 Å². The molecule has 186 valence electrons. The molecular formula is C26H32N4O4S. The maximum atomic E-state index is 13.0. The second-order valence-electron chi connectivity index (χ2n) is 11.6. The number of benzene rings is 1. The zero-order chi connectivity index (χ0) is 23.7. The van der Waals surface area contributed by atoms with Crippen molar-refractivity contribution in [1.29, 1.82) is 0 Å². The van der Waals surface area contributed by atoms with Gasteiger partial charge < -0.3 is 25.4 Å². The summed E-state index contributed by atoms with van der Waals surface area (Å²) < 4.78 is 7.05. The first kappa shape index (κ1) is 21.9. The summed E-state index contributed by atoms with van der Waals surface area (Å²) in [4.78, 5) is 31.9. The molecule has 6 aliphatic rings. The third-order valence-electron chi connectivity index (χ3n) is 8.73. The predicted octanol–water partition coefficient (Wildman–Crippen LogP) is 3.75. The maximum absolute atomic E-state index is 13.0. The van der Waals surface area contributed by atoms with Gasteiger partial charge in [0.15, 0.2) is 5.13 Å². The van der Waals surface area contributed by atoms with Crippen LogP contribution in [0.15, 0.2) is 18.2 Å². The summed E-state index contributed by atoms with van der Waals surface area (Å²) in [6.07, 6.45) is 7.40. The molecule has 8 nitrogen and oxygen atoms in total. The molecule has 2 heterocycles. The summed E-state index contributed by atoms with van der Waals surface area (Å²) in [5, 5.41) is 18.1. The van der Waals surface area contributed by atoms with E-state index in [2.05, 4.69) is 15.6 Å². The van der Waals surface area contributed by atoms with Crippen LogP contribution in [0.25, 0.3) is 10.2 Å². The lowest BCUT2D eigenvalue weighted by atomic mass is 9.53. The molecule has 2 amide bonds. The second-order valence-corrected chi connectivity index (χ2v) is 12.6. The number of carbonyl (C=O) groups excluding carboxylic acids is 2. The Balaban J connectivity index is 0.962. The van der Waals surface area contributed by atoms with E-state index in [4.69, 9.17) is 4.74 Å². The smallest absolute Gasteiger partial charge is 0.410 e. The third kappa shape index (κ3) is 4.16. The van der Waals surface area contributed by atoms with Crippen molar-refractivity contribution in [2.75, 3.05) is 18.4 Å². The average molecular weight is 497 g/mol. The van der Waals surface area contributed by atoms with E-state index in [0.29, 0.717) is 42.4 Å². The number of aliphatic hydroxyl groups is 1. The van der Waals surface area contributed by atoms with E-state index in [-0.39, 0.29) is 24.1 Å². The van der Waals surface area contributed by atoms with Gasteiger partial charge in [0, 0.05) is 30.7 Å². The molecule has 1 aromatic heterocycles. The quantitative estimate of drug-likeness (QED) is 0.583. The number of thiazole rings is 1. The summed E-state index contributed by atoms with van der Waals surface area (Å²) >= 11 is 1.54. The molecule has 0 radical (unpaired) electrons. The van der Waals surface area contributed by atoms with Crippen molar-refractivity contribution in [3.8, 4) is 0 Å². The molecule has 0 spiro atoms. The van der Waals surface area contributed by atoms with Crippen molar-refractivity contribution in [3.05, 3.63) is 23.8 Å². The molecule has 5 saturated carbocycles. The van der Waals surface area contributed by atoms with Crippen molar-refractivity contribution < 1.29 is 19.4 Å². The number of fused-ring (bicyclic) bond motifs is 1. The van der Waals surface area contributed by atoms with Gasteiger partial charge in [-0.2, -0.15) is 0 Å². The number of aromatic nitrogens is 1. The number of carbonyl (C=O) groups is 2. The minimum atomic E-state index is -0.513. The normalized spacial score (nSPS) is 35.5. The van der Waals surface area contributed by atoms with Crippen LogP contribution in [-0.2, 0) is 4.74 Å². The number of hydrogen-bond donors (Lipinski definition) is 3. The SMILES string of the molecule is O=C(NC1CC1)c1ccc2nc(NC3CCN(C(=O)OC4C5CC6C[C@@H]4CC(O)(C6)C5)C3)sc2c1. The first-order chi connectivity index (χ1) is 16.9. The molecule has 1 saturated heterocycles. The van der Waals surface area contributed by atoms with Crippen molar-refractivity contribution in [3.63, 3.8) is 0 Å². The maximum Gasteiger partial charge on any atom is 0.410 e. The van der Waals surface area contributed by atoms with Gasteiger partial charge in [0.1, 0.15) is 6.10 Å². The Hall–Kier alpha value is -2.39. The number of anilines is 1. The van der Waals surface area contributed by atoms with Crippen LogP contribution in [0.4, 0.5) is 9.93 Å². The number of nitrogens with zero attached hydrogens (tertiary/aromatic N) is 2. The van der Waals surface area contributed by atoms with Crippen LogP contribution in [0.3, 0.4) is 0 Å². The lowest BCUT2D eigenvalue weighted by molar-refractivity contribution is -0.177. The molecule has 1 aliphatic heterocycles. The number of likely N-dealkylation sites (tertiary alicyclic amines) is 1. The highest BCUT2D eigenvalue weighted by Gasteiger charge is 2.56. The largest absolute Gasteiger partial charge is 0.446 e. The zero-order valence-electron chi connectivity index (χ0n) is 19.7. The van der Waals surface area contributed by atoms with Crippen molar-refractivity contribution in [2.45, 2.75) is 75.2 Å². The lowest BCUT2D eigenvalue weighted by Gasteiger charge is -2.57. The van der Waals surface area contributed by atoms with Gasteiger partial charge in [0.05, 0.1) is 15.8 Å². The third-order valence-corrected chi connectivity index (χ3v) is 9.68. The summed E-state index contributed by atoms with van der Waals surface area (Å²) in [6.45, 7) is 1.26. The van der Waals surface area contributed by atoms with Crippen molar-refractivity contribution in [2.24, 2.45) is 17.8 Å². The summed E-state index contributed by atoms with van der Waals surface area (Å²) in [6, 6.07) is 6.11. The Labute approximate surface area is 208 Å². The molecular weight excluding hydrogens is 464 g/mol. The fraction of sp³-hybridized carbons (Fsp3) is 0.654. The minimum absolute atomic E-state index is 0.0180. The van der Waals surface area contributed by atoms with Gasteiger partial charge in [-0.05, 0) is 87.3 Å². The second kappa shape index (κ2) is 8.06. The van der Waals surface area contributed by atoms with E-state index in [1.165, 1.54) is 0 Å². The van der Waals surface area contributed by atoms with Crippen LogP contribution in [0.1, 0.15) is 61.7 Å². The van der Waals surface area contributed by atoms with Crippen molar-refractivity contribution >= 4 is 38.7 Å². The number of rotatable bonds is 5. The average Bonchev–Trinajstić information content (AvgIpc) is 3.34. The Kier molecular flexibility index (Phi) is 5.03. The highest BCUT2D eigenvalue weighted by atomic mass is 32.1. The Bertz CT molecular complexity index is 1160. The molecule has 6 fully saturated rings. The van der Waals surface area contributed by atoms with Gasteiger partial charge in [-0.25, -0.2) is 9.78 Å². The van der Waals surface area contributed by atoms with Gasteiger partial charge in [0.2, 0.25) is 0 Å². The topological polar surface area (TPSA) is 104 Å². The van der Waals surface area contributed by atoms with E-state index in [1.807, 2.05) is 23.1 Å². The van der Waals surface area contributed by atoms with Crippen LogP contribution in [-0.4, -0.2) is 63.9 Å². The monoisotopic (exact) mass is 496 g/mol. The van der Waals surface area contributed by atoms with E-state index in [9.17, 15) is 14.7 Å². The van der Waals surface area contributed by atoms with Crippen LogP contribution in [0.5, 0.6) is 0 Å². The molecule has 1 aromatic carbocycles. The lowest BCUT2D eigenvalue weighted by Crippen LogP contribution is -2.58. The molecule has 6 atom stereocenters.